The number of aliphatic hydroxyl groups is 2. The molecule has 5 heteroatoms. The number of hydrogen-bond acceptors (Lipinski definition) is 3. The number of hydrogen-bond donors (Lipinski definition) is 2. The van der Waals surface area contributed by atoms with Gasteiger partial charge in [-0.3, -0.25) is 0 Å². The van der Waals surface area contributed by atoms with E-state index in [1.807, 2.05) is 0 Å². The molecule has 0 bridgehead atoms. The van der Waals surface area contributed by atoms with Crippen molar-refractivity contribution in [3.05, 3.63) is 23.3 Å². The largest absolute Gasteiger partial charge is 0.393 e. The molecule has 0 aromatic rings. The SMILES string of the molecule is CC(CCN1CC[C@H](C(C)(F)F)C1)[C@H]1CC[C@H]2/C(=C/C=C3C[C@@H](O)C[C@H](O)C3)CCC[C@]12C. The van der Waals surface area contributed by atoms with Crippen LogP contribution in [0.1, 0.15) is 85.0 Å². The Labute approximate surface area is 199 Å². The Morgan fingerprint density at radius 1 is 1.15 bits per heavy atom. The van der Waals surface area contributed by atoms with Crippen LogP contribution >= 0.6 is 0 Å². The fourth-order valence-corrected chi connectivity index (χ4v) is 7.78. The molecule has 188 valence electrons. The number of aliphatic hydroxyl groups excluding tert-OH is 2. The highest BCUT2D eigenvalue weighted by atomic mass is 19.3. The smallest absolute Gasteiger partial charge is 0.249 e. The molecular weight excluding hydrogens is 420 g/mol. The second-order valence-corrected chi connectivity index (χ2v) is 12.1. The second-order valence-electron chi connectivity index (χ2n) is 12.1. The summed E-state index contributed by atoms with van der Waals surface area (Å²) in [6, 6.07) is 0. The molecule has 0 spiro atoms. The molecule has 1 unspecified atom stereocenters. The first kappa shape index (κ1) is 25.3. The summed E-state index contributed by atoms with van der Waals surface area (Å²) in [7, 11) is 0. The molecule has 0 aromatic carbocycles. The predicted octanol–water partition coefficient (Wildman–Crippen LogP) is 5.96. The lowest BCUT2D eigenvalue weighted by Crippen LogP contribution is -2.37. The zero-order valence-corrected chi connectivity index (χ0v) is 20.9. The first-order valence-corrected chi connectivity index (χ1v) is 13.4. The van der Waals surface area contributed by atoms with E-state index in [1.54, 1.807) is 5.57 Å². The Hall–Kier alpha value is -0.780. The van der Waals surface area contributed by atoms with Gasteiger partial charge in [-0.1, -0.05) is 37.1 Å². The molecule has 3 nitrogen and oxygen atoms in total. The first-order chi connectivity index (χ1) is 15.6. The summed E-state index contributed by atoms with van der Waals surface area (Å²) >= 11 is 0. The number of likely N-dealkylation sites (tertiary alicyclic amines) is 1. The number of halogens is 2. The van der Waals surface area contributed by atoms with Crippen LogP contribution in [0.3, 0.4) is 0 Å². The van der Waals surface area contributed by atoms with Crippen LogP contribution in [-0.2, 0) is 0 Å². The average Bonchev–Trinajstić information content (AvgIpc) is 3.34. The van der Waals surface area contributed by atoms with Gasteiger partial charge in [-0.05, 0) is 107 Å². The summed E-state index contributed by atoms with van der Waals surface area (Å²) in [5, 5.41) is 20.0. The molecule has 0 amide bonds. The normalized spacial score (nSPS) is 40.3. The molecule has 0 radical (unpaired) electrons. The van der Waals surface area contributed by atoms with E-state index in [0.29, 0.717) is 55.4 Å². The van der Waals surface area contributed by atoms with Crippen molar-refractivity contribution < 1.29 is 19.0 Å². The van der Waals surface area contributed by atoms with Gasteiger partial charge in [-0.15, -0.1) is 0 Å². The molecule has 7 atom stereocenters. The third kappa shape index (κ3) is 5.73. The van der Waals surface area contributed by atoms with E-state index < -0.39 is 24.0 Å². The van der Waals surface area contributed by atoms with Gasteiger partial charge in [-0.25, -0.2) is 8.78 Å². The molecule has 3 saturated carbocycles. The fourth-order valence-electron chi connectivity index (χ4n) is 7.78. The van der Waals surface area contributed by atoms with E-state index in [0.717, 1.165) is 32.9 Å². The van der Waals surface area contributed by atoms with Crippen molar-refractivity contribution >= 4 is 0 Å². The quantitative estimate of drug-likeness (QED) is 0.508. The molecule has 1 heterocycles. The van der Waals surface area contributed by atoms with Crippen molar-refractivity contribution in [2.75, 3.05) is 19.6 Å². The minimum atomic E-state index is -2.56. The van der Waals surface area contributed by atoms with Crippen molar-refractivity contribution in [1.29, 1.82) is 0 Å². The minimum Gasteiger partial charge on any atom is -0.393 e. The number of rotatable bonds is 6. The molecule has 1 aliphatic heterocycles. The van der Waals surface area contributed by atoms with Crippen LogP contribution in [0.25, 0.3) is 0 Å². The summed E-state index contributed by atoms with van der Waals surface area (Å²) in [6.45, 7) is 8.28. The third-order valence-electron chi connectivity index (χ3n) is 9.69. The molecule has 3 aliphatic carbocycles. The summed E-state index contributed by atoms with van der Waals surface area (Å²) < 4.78 is 27.4. The number of nitrogens with zero attached hydrogens (tertiary/aromatic N) is 1. The van der Waals surface area contributed by atoms with Crippen molar-refractivity contribution in [3.8, 4) is 0 Å². The lowest BCUT2D eigenvalue weighted by atomic mass is 9.61. The van der Waals surface area contributed by atoms with Crippen molar-refractivity contribution in [3.63, 3.8) is 0 Å². The van der Waals surface area contributed by atoms with Crippen LogP contribution in [0.4, 0.5) is 8.78 Å². The maximum Gasteiger partial charge on any atom is 0.249 e. The van der Waals surface area contributed by atoms with Gasteiger partial charge in [0.25, 0.3) is 0 Å². The topological polar surface area (TPSA) is 43.7 Å². The van der Waals surface area contributed by atoms with Crippen molar-refractivity contribution in [2.24, 2.45) is 29.1 Å². The Morgan fingerprint density at radius 3 is 2.55 bits per heavy atom. The van der Waals surface area contributed by atoms with E-state index in [9.17, 15) is 19.0 Å². The van der Waals surface area contributed by atoms with Crippen LogP contribution in [-0.4, -0.2) is 52.9 Å². The highest BCUT2D eigenvalue weighted by Gasteiger charge is 2.50. The molecule has 0 aromatic heterocycles. The van der Waals surface area contributed by atoms with Gasteiger partial charge < -0.3 is 15.1 Å². The lowest BCUT2D eigenvalue weighted by molar-refractivity contribution is -0.0353. The number of allylic oxidation sites excluding steroid dienone is 3. The van der Waals surface area contributed by atoms with Gasteiger partial charge in [-0.2, -0.15) is 0 Å². The summed E-state index contributed by atoms with van der Waals surface area (Å²) in [6.07, 6.45) is 13.5. The lowest BCUT2D eigenvalue weighted by Gasteiger charge is -2.44. The molecular formula is C28H45F2NO2. The Balaban J connectivity index is 1.36. The zero-order chi connectivity index (χ0) is 23.8. The van der Waals surface area contributed by atoms with Gasteiger partial charge in [0.1, 0.15) is 0 Å². The van der Waals surface area contributed by atoms with Crippen molar-refractivity contribution in [2.45, 2.75) is 103 Å². The highest BCUT2D eigenvalue weighted by Crippen LogP contribution is 2.59. The summed E-state index contributed by atoms with van der Waals surface area (Å²) in [5.41, 5.74) is 3.07. The van der Waals surface area contributed by atoms with Crippen LogP contribution in [0, 0.1) is 29.1 Å². The van der Waals surface area contributed by atoms with E-state index in [2.05, 4.69) is 30.9 Å². The van der Waals surface area contributed by atoms with E-state index in [1.165, 1.54) is 31.3 Å². The first-order valence-electron chi connectivity index (χ1n) is 13.4. The zero-order valence-electron chi connectivity index (χ0n) is 20.9. The molecule has 4 fully saturated rings. The van der Waals surface area contributed by atoms with Crippen LogP contribution in [0.15, 0.2) is 23.3 Å². The molecule has 33 heavy (non-hydrogen) atoms. The van der Waals surface area contributed by atoms with Gasteiger partial charge in [0.15, 0.2) is 0 Å². The van der Waals surface area contributed by atoms with E-state index >= 15 is 0 Å². The second kappa shape index (κ2) is 10.1. The number of fused-ring (bicyclic) bond motifs is 1. The van der Waals surface area contributed by atoms with Crippen LogP contribution in [0.5, 0.6) is 0 Å². The van der Waals surface area contributed by atoms with Crippen molar-refractivity contribution in [1.82, 2.24) is 4.90 Å². The average molecular weight is 466 g/mol. The predicted molar refractivity (Wildman–Crippen MR) is 129 cm³/mol. The van der Waals surface area contributed by atoms with Crippen LogP contribution in [0.2, 0.25) is 0 Å². The maximum absolute atomic E-state index is 13.7. The number of alkyl halides is 2. The molecule has 4 rings (SSSR count). The molecule has 4 aliphatic rings. The third-order valence-corrected chi connectivity index (χ3v) is 9.69. The minimum absolute atomic E-state index is 0.331. The maximum atomic E-state index is 13.7. The molecule has 1 saturated heterocycles. The summed E-state index contributed by atoms with van der Waals surface area (Å²) in [5.74, 6) is -1.09. The standard InChI is InChI=1S/C28H45F2NO2/c1-19(10-13-31-14-11-22(18-31)28(3,29)30)25-8-9-26-21(5-4-12-27(25,26)2)7-6-20-15-23(32)17-24(33)16-20/h6-7,19,22-26,32-33H,4-5,8-18H2,1-3H3/b21-7+/t19?,22-,23+,24+,25+,26-,27+/m0/s1. The Morgan fingerprint density at radius 2 is 1.88 bits per heavy atom. The van der Waals surface area contributed by atoms with Gasteiger partial charge >= 0.3 is 0 Å². The van der Waals surface area contributed by atoms with E-state index in [-0.39, 0.29) is 0 Å². The van der Waals surface area contributed by atoms with Gasteiger partial charge in [0.2, 0.25) is 5.92 Å². The van der Waals surface area contributed by atoms with E-state index in [4.69, 9.17) is 0 Å². The molecule has 2 N–H and O–H groups in total. The Kier molecular flexibility index (Phi) is 7.72. The Bertz CT molecular complexity index is 733. The fraction of sp³-hybridized carbons (Fsp3) is 0.857. The van der Waals surface area contributed by atoms with Crippen LogP contribution < -0.4 is 0 Å². The van der Waals surface area contributed by atoms with Gasteiger partial charge in [0, 0.05) is 12.5 Å². The highest BCUT2D eigenvalue weighted by molar-refractivity contribution is 5.26. The summed E-state index contributed by atoms with van der Waals surface area (Å²) in [4.78, 5) is 2.26. The monoisotopic (exact) mass is 465 g/mol. The van der Waals surface area contributed by atoms with Gasteiger partial charge in [0.05, 0.1) is 12.2 Å².